The van der Waals surface area contributed by atoms with Gasteiger partial charge >= 0.3 is 11.4 Å². The van der Waals surface area contributed by atoms with Crippen molar-refractivity contribution in [3.63, 3.8) is 0 Å². The molecule has 174 valence electrons. The van der Waals surface area contributed by atoms with Crippen LogP contribution in [-0.2, 0) is 0 Å². The SMILES string of the molecule is COc1cc(F)ccc1[N+](=O)[O-].COc1cc(N2CCC(N(C)C)CC2)ccc1[N+](=O)[O-]. The Labute approximate surface area is 185 Å². The number of hydrogen-bond acceptors (Lipinski definition) is 8. The number of nitrogens with zero attached hydrogens (tertiary/aromatic N) is 4. The van der Waals surface area contributed by atoms with Gasteiger partial charge in [-0.1, -0.05) is 0 Å². The van der Waals surface area contributed by atoms with E-state index in [2.05, 4.69) is 28.6 Å². The summed E-state index contributed by atoms with van der Waals surface area (Å²) in [4.78, 5) is 24.7. The predicted molar refractivity (Wildman–Crippen MR) is 118 cm³/mol. The molecule has 3 rings (SSSR count). The van der Waals surface area contributed by atoms with Crippen LogP contribution in [0.1, 0.15) is 12.8 Å². The lowest BCUT2D eigenvalue weighted by molar-refractivity contribution is -0.385. The molecule has 0 radical (unpaired) electrons. The molecule has 2 aromatic carbocycles. The van der Waals surface area contributed by atoms with Gasteiger partial charge in [0.15, 0.2) is 11.5 Å². The lowest BCUT2D eigenvalue weighted by Gasteiger charge is -2.36. The summed E-state index contributed by atoms with van der Waals surface area (Å²) in [7, 11) is 6.93. The number of methoxy groups -OCH3 is 2. The fraction of sp³-hybridized carbons (Fsp3) is 0.429. The molecule has 0 N–H and O–H groups in total. The number of ether oxygens (including phenoxy) is 2. The van der Waals surface area contributed by atoms with Gasteiger partial charge in [-0.2, -0.15) is 0 Å². The molecule has 0 atom stereocenters. The second kappa shape index (κ2) is 11.2. The van der Waals surface area contributed by atoms with Gasteiger partial charge in [-0.15, -0.1) is 0 Å². The van der Waals surface area contributed by atoms with Crippen molar-refractivity contribution in [1.29, 1.82) is 0 Å². The quantitative estimate of drug-likeness (QED) is 0.482. The normalized spacial score (nSPS) is 13.9. The molecule has 1 heterocycles. The summed E-state index contributed by atoms with van der Waals surface area (Å²) >= 11 is 0. The molecule has 0 spiro atoms. The van der Waals surface area contributed by atoms with Crippen LogP contribution < -0.4 is 14.4 Å². The Kier molecular flexibility index (Phi) is 8.71. The van der Waals surface area contributed by atoms with Gasteiger partial charge in [0.25, 0.3) is 0 Å². The number of rotatable bonds is 6. The lowest BCUT2D eigenvalue weighted by atomic mass is 10.0. The smallest absolute Gasteiger partial charge is 0.311 e. The topological polar surface area (TPSA) is 111 Å². The number of anilines is 1. The van der Waals surface area contributed by atoms with Crippen LogP contribution in [0.3, 0.4) is 0 Å². The maximum atomic E-state index is 12.5. The molecule has 1 fully saturated rings. The lowest BCUT2D eigenvalue weighted by Crippen LogP contribution is -2.41. The number of piperidine rings is 1. The summed E-state index contributed by atoms with van der Waals surface area (Å²) in [6, 6.07) is 8.75. The van der Waals surface area contributed by atoms with Gasteiger partial charge in [-0.3, -0.25) is 20.2 Å². The first-order chi connectivity index (χ1) is 15.2. The third-order valence-electron chi connectivity index (χ3n) is 5.26. The molecule has 0 aliphatic carbocycles. The van der Waals surface area contributed by atoms with E-state index < -0.39 is 15.7 Å². The summed E-state index contributed by atoms with van der Waals surface area (Å²) in [6.07, 6.45) is 2.21. The highest BCUT2D eigenvalue weighted by atomic mass is 19.1. The van der Waals surface area contributed by atoms with Gasteiger partial charge in [-0.05, 0) is 39.1 Å². The fourth-order valence-corrected chi connectivity index (χ4v) is 3.46. The Bertz CT molecular complexity index is 948. The first kappa shape index (κ1) is 24.8. The summed E-state index contributed by atoms with van der Waals surface area (Å²) < 4.78 is 22.2. The van der Waals surface area contributed by atoms with E-state index in [0.29, 0.717) is 11.8 Å². The number of nitro groups is 2. The van der Waals surface area contributed by atoms with Crippen LogP contribution in [0.15, 0.2) is 36.4 Å². The zero-order chi connectivity index (χ0) is 23.8. The van der Waals surface area contributed by atoms with Gasteiger partial charge < -0.3 is 19.3 Å². The van der Waals surface area contributed by atoms with Crippen molar-refractivity contribution in [3.8, 4) is 11.5 Å². The van der Waals surface area contributed by atoms with Gasteiger partial charge in [-0.25, -0.2) is 4.39 Å². The molecule has 32 heavy (non-hydrogen) atoms. The standard InChI is InChI=1S/C14H21N3O3.C7H6FNO3/c1-15(2)11-6-8-16(9-7-11)12-4-5-13(17(18)19)14(10-12)20-3;1-12-7-4-5(8)2-3-6(7)9(10)11/h4-5,10-11H,6-9H2,1-3H3;2-4H,1H3. The van der Waals surface area contributed by atoms with E-state index >= 15 is 0 Å². The molecule has 0 unspecified atom stereocenters. The summed E-state index contributed by atoms with van der Waals surface area (Å²) in [5, 5.41) is 21.2. The molecule has 1 aliphatic rings. The molecule has 10 nitrogen and oxygen atoms in total. The summed E-state index contributed by atoms with van der Waals surface area (Å²) in [6.45, 7) is 1.92. The Morgan fingerprint density at radius 1 is 0.938 bits per heavy atom. The molecule has 11 heteroatoms. The minimum absolute atomic E-state index is 0.0134. The van der Waals surface area contributed by atoms with Crippen LogP contribution >= 0.6 is 0 Å². The molecule has 0 aromatic heterocycles. The van der Waals surface area contributed by atoms with E-state index in [9.17, 15) is 24.6 Å². The largest absolute Gasteiger partial charge is 0.490 e. The van der Waals surface area contributed by atoms with E-state index in [-0.39, 0.29) is 17.1 Å². The zero-order valence-corrected chi connectivity index (χ0v) is 18.5. The van der Waals surface area contributed by atoms with Gasteiger partial charge in [0, 0.05) is 49.1 Å². The van der Waals surface area contributed by atoms with Crippen LogP contribution in [-0.4, -0.2) is 62.2 Å². The van der Waals surface area contributed by atoms with Crippen molar-refractivity contribution < 1.29 is 23.7 Å². The Morgan fingerprint density at radius 3 is 1.91 bits per heavy atom. The second-order valence-corrected chi connectivity index (χ2v) is 7.37. The minimum atomic E-state index is -0.627. The molecular weight excluding hydrogens is 423 g/mol. The van der Waals surface area contributed by atoms with Crippen molar-refractivity contribution in [2.45, 2.75) is 18.9 Å². The third kappa shape index (κ3) is 6.27. The first-order valence-corrected chi connectivity index (χ1v) is 9.89. The van der Waals surface area contributed by atoms with E-state index in [1.54, 1.807) is 12.1 Å². The highest BCUT2D eigenvalue weighted by Gasteiger charge is 2.23. The zero-order valence-electron chi connectivity index (χ0n) is 18.5. The van der Waals surface area contributed by atoms with Crippen molar-refractivity contribution in [1.82, 2.24) is 4.90 Å². The summed E-state index contributed by atoms with van der Waals surface area (Å²) in [5.74, 6) is -0.306. The van der Waals surface area contributed by atoms with Gasteiger partial charge in [0.05, 0.1) is 24.1 Å². The average Bonchev–Trinajstić information content (AvgIpc) is 2.78. The van der Waals surface area contributed by atoms with Crippen LogP contribution in [0.4, 0.5) is 21.5 Å². The highest BCUT2D eigenvalue weighted by molar-refractivity contribution is 5.59. The number of benzene rings is 2. The monoisotopic (exact) mass is 450 g/mol. The Balaban J connectivity index is 0.000000258. The van der Waals surface area contributed by atoms with Crippen molar-refractivity contribution >= 4 is 17.1 Å². The Hall–Kier alpha value is -3.47. The van der Waals surface area contributed by atoms with E-state index in [0.717, 1.165) is 49.8 Å². The van der Waals surface area contributed by atoms with Crippen LogP contribution in [0.2, 0.25) is 0 Å². The molecule has 1 aliphatic heterocycles. The minimum Gasteiger partial charge on any atom is -0.490 e. The maximum absolute atomic E-state index is 12.5. The van der Waals surface area contributed by atoms with Crippen molar-refractivity contribution in [3.05, 3.63) is 62.4 Å². The molecular formula is C21H27FN4O6. The van der Waals surface area contributed by atoms with Crippen LogP contribution in [0.25, 0.3) is 0 Å². The van der Waals surface area contributed by atoms with Crippen LogP contribution in [0.5, 0.6) is 11.5 Å². The van der Waals surface area contributed by atoms with E-state index in [1.807, 2.05) is 0 Å². The van der Waals surface area contributed by atoms with Crippen LogP contribution in [0, 0.1) is 26.0 Å². The average molecular weight is 450 g/mol. The van der Waals surface area contributed by atoms with Gasteiger partial charge in [0.2, 0.25) is 0 Å². The number of nitro benzene ring substituents is 2. The highest BCUT2D eigenvalue weighted by Crippen LogP contribution is 2.32. The van der Waals surface area contributed by atoms with Gasteiger partial charge in [0.1, 0.15) is 5.82 Å². The molecule has 0 amide bonds. The fourth-order valence-electron chi connectivity index (χ4n) is 3.46. The second-order valence-electron chi connectivity index (χ2n) is 7.37. The predicted octanol–water partition coefficient (Wildman–Crippen LogP) is 3.88. The number of halogens is 1. The first-order valence-electron chi connectivity index (χ1n) is 9.89. The molecule has 2 aromatic rings. The number of hydrogen-bond donors (Lipinski definition) is 0. The maximum Gasteiger partial charge on any atom is 0.311 e. The van der Waals surface area contributed by atoms with E-state index in [4.69, 9.17) is 4.74 Å². The van der Waals surface area contributed by atoms with E-state index in [1.165, 1.54) is 20.3 Å². The third-order valence-corrected chi connectivity index (χ3v) is 5.26. The molecule has 0 saturated carbocycles. The summed E-state index contributed by atoms with van der Waals surface area (Å²) in [5.41, 5.74) is 0.767. The van der Waals surface area contributed by atoms with Crippen molar-refractivity contribution in [2.75, 3.05) is 46.3 Å². The molecule has 1 saturated heterocycles. The Morgan fingerprint density at radius 2 is 1.44 bits per heavy atom. The van der Waals surface area contributed by atoms with Crippen molar-refractivity contribution in [2.24, 2.45) is 0 Å². The molecule has 0 bridgehead atoms.